The molecule has 6 heteroatoms. The third-order valence-corrected chi connectivity index (χ3v) is 4.68. The van der Waals surface area contributed by atoms with Gasteiger partial charge in [-0.2, -0.15) is 11.8 Å². The van der Waals surface area contributed by atoms with Crippen molar-refractivity contribution < 1.29 is 4.92 Å². The lowest BCUT2D eigenvalue weighted by atomic mass is 9.95. The minimum absolute atomic E-state index is 0.134. The van der Waals surface area contributed by atoms with Gasteiger partial charge in [-0.15, -0.1) is 0 Å². The van der Waals surface area contributed by atoms with Crippen molar-refractivity contribution in [2.24, 2.45) is 0 Å². The highest BCUT2D eigenvalue weighted by molar-refractivity contribution is 7.99. The summed E-state index contributed by atoms with van der Waals surface area (Å²) < 4.78 is 0. The lowest BCUT2D eigenvalue weighted by Crippen LogP contribution is -2.28. The molecule has 1 aromatic heterocycles. The van der Waals surface area contributed by atoms with Crippen molar-refractivity contribution in [1.29, 1.82) is 0 Å². The maximum atomic E-state index is 10.9. The number of aromatic nitrogens is 1. The van der Waals surface area contributed by atoms with Gasteiger partial charge >= 0.3 is 0 Å². The van der Waals surface area contributed by atoms with Gasteiger partial charge in [0, 0.05) is 23.1 Å². The Morgan fingerprint density at radius 3 is 3.00 bits per heavy atom. The Balaban J connectivity index is 2.06. The molecule has 0 amide bonds. The molecule has 1 aromatic rings. The van der Waals surface area contributed by atoms with Crippen LogP contribution in [0, 0.1) is 17.0 Å². The average molecular weight is 281 g/mol. The molecule has 1 saturated carbocycles. The minimum atomic E-state index is -0.353. The summed E-state index contributed by atoms with van der Waals surface area (Å²) in [5.41, 5.74) is 0.732. The second-order valence-corrected chi connectivity index (χ2v) is 6.12. The summed E-state index contributed by atoms with van der Waals surface area (Å²) in [4.78, 5) is 14.8. The molecule has 1 heterocycles. The summed E-state index contributed by atoms with van der Waals surface area (Å²) in [6.45, 7) is 1.71. The number of rotatable bonds is 4. The van der Waals surface area contributed by atoms with E-state index in [1.165, 1.54) is 18.9 Å². The summed E-state index contributed by atoms with van der Waals surface area (Å²) >= 11 is 1.90. The smallest absolute Gasteiger partial charge is 0.277 e. The zero-order chi connectivity index (χ0) is 13.8. The number of aryl methyl sites for hydroxylation is 1. The van der Waals surface area contributed by atoms with Gasteiger partial charge in [0.1, 0.15) is 5.82 Å². The molecular formula is C13H19N3O2S. The fourth-order valence-electron chi connectivity index (χ4n) is 2.49. The normalized spacial score (nSPS) is 23.1. The Morgan fingerprint density at radius 2 is 2.32 bits per heavy atom. The average Bonchev–Trinajstić information content (AvgIpc) is 2.41. The molecule has 0 bridgehead atoms. The van der Waals surface area contributed by atoms with Crippen LogP contribution in [0.5, 0.6) is 0 Å². The van der Waals surface area contributed by atoms with Crippen molar-refractivity contribution in [3.05, 3.63) is 27.9 Å². The van der Waals surface area contributed by atoms with Crippen LogP contribution >= 0.6 is 11.8 Å². The largest absolute Gasteiger partial charge is 0.367 e. The van der Waals surface area contributed by atoms with Gasteiger partial charge < -0.3 is 5.32 Å². The number of nitrogens with zero attached hydrogens (tertiary/aromatic N) is 2. The number of thioether (sulfide) groups is 1. The Hall–Kier alpha value is -1.30. The van der Waals surface area contributed by atoms with Crippen molar-refractivity contribution >= 4 is 23.3 Å². The lowest BCUT2D eigenvalue weighted by Gasteiger charge is -2.29. The van der Waals surface area contributed by atoms with Gasteiger partial charge in [0.15, 0.2) is 0 Å². The van der Waals surface area contributed by atoms with Gasteiger partial charge in [0.2, 0.25) is 0 Å². The molecule has 1 N–H and O–H groups in total. The molecule has 1 aliphatic carbocycles. The van der Waals surface area contributed by atoms with Crippen LogP contribution in [0.2, 0.25) is 0 Å². The number of hydrogen-bond donors (Lipinski definition) is 1. The van der Waals surface area contributed by atoms with Gasteiger partial charge in [-0.05, 0) is 32.4 Å². The molecule has 2 unspecified atom stereocenters. The third-order valence-electron chi connectivity index (χ3n) is 3.58. The van der Waals surface area contributed by atoms with Crippen LogP contribution in [0.1, 0.15) is 31.2 Å². The molecule has 1 fully saturated rings. The number of nitro groups is 1. The van der Waals surface area contributed by atoms with Crippen LogP contribution in [0.25, 0.3) is 0 Å². The molecule has 1 aliphatic rings. The van der Waals surface area contributed by atoms with Gasteiger partial charge in [-0.3, -0.25) is 10.1 Å². The highest BCUT2D eigenvalue weighted by Gasteiger charge is 2.22. The predicted octanol–water partition coefficient (Wildman–Crippen LogP) is 3.38. The fourth-order valence-corrected chi connectivity index (χ4v) is 3.32. The predicted molar refractivity (Wildman–Crippen MR) is 78.8 cm³/mol. The first kappa shape index (κ1) is 14.1. The number of pyridine rings is 1. The first-order valence-corrected chi connectivity index (χ1v) is 7.79. The van der Waals surface area contributed by atoms with Crippen molar-refractivity contribution in [2.75, 3.05) is 11.6 Å². The van der Waals surface area contributed by atoms with E-state index in [0.29, 0.717) is 22.7 Å². The summed E-state index contributed by atoms with van der Waals surface area (Å²) in [6, 6.07) is 1.92. The zero-order valence-corrected chi connectivity index (χ0v) is 12.1. The maximum absolute atomic E-state index is 10.9. The van der Waals surface area contributed by atoms with Crippen LogP contribution in [-0.4, -0.2) is 27.5 Å². The Morgan fingerprint density at radius 1 is 1.53 bits per heavy atom. The van der Waals surface area contributed by atoms with Crippen LogP contribution < -0.4 is 5.32 Å². The van der Waals surface area contributed by atoms with Crippen LogP contribution in [0.4, 0.5) is 11.5 Å². The molecule has 19 heavy (non-hydrogen) atoms. The SMILES string of the molecule is CSC1CCCC(Nc2cc([N+](=O)[O-])c(C)cn2)C1. The molecule has 0 aromatic carbocycles. The van der Waals surface area contributed by atoms with Crippen molar-refractivity contribution in [1.82, 2.24) is 4.98 Å². The second-order valence-electron chi connectivity index (χ2n) is 4.98. The van der Waals surface area contributed by atoms with E-state index >= 15 is 0 Å². The third kappa shape index (κ3) is 3.59. The molecule has 2 atom stereocenters. The standard InChI is InChI=1S/C13H19N3O2S/c1-9-8-14-13(7-12(9)16(17)18)15-10-4-3-5-11(6-10)19-2/h7-8,10-11H,3-6H2,1-2H3,(H,14,15). The molecular weight excluding hydrogens is 262 g/mol. The van der Waals surface area contributed by atoms with Gasteiger partial charge in [-0.25, -0.2) is 4.98 Å². The summed E-state index contributed by atoms with van der Waals surface area (Å²) in [7, 11) is 0. The van der Waals surface area contributed by atoms with E-state index in [2.05, 4.69) is 16.6 Å². The zero-order valence-electron chi connectivity index (χ0n) is 11.3. The molecule has 0 aliphatic heterocycles. The second kappa shape index (κ2) is 6.23. The van der Waals surface area contributed by atoms with Crippen molar-refractivity contribution in [2.45, 2.75) is 43.9 Å². The molecule has 0 saturated heterocycles. The van der Waals surface area contributed by atoms with Crippen molar-refractivity contribution in [3.8, 4) is 0 Å². The molecule has 5 nitrogen and oxygen atoms in total. The molecule has 104 valence electrons. The highest BCUT2D eigenvalue weighted by atomic mass is 32.2. The van der Waals surface area contributed by atoms with Crippen LogP contribution in [0.3, 0.4) is 0 Å². The highest BCUT2D eigenvalue weighted by Crippen LogP contribution is 2.29. The van der Waals surface area contributed by atoms with E-state index in [9.17, 15) is 10.1 Å². The van der Waals surface area contributed by atoms with E-state index in [-0.39, 0.29) is 10.6 Å². The fraction of sp³-hybridized carbons (Fsp3) is 0.615. The van der Waals surface area contributed by atoms with Gasteiger partial charge in [0.25, 0.3) is 5.69 Å². The van der Waals surface area contributed by atoms with Crippen LogP contribution in [0.15, 0.2) is 12.3 Å². The van der Waals surface area contributed by atoms with Crippen LogP contribution in [-0.2, 0) is 0 Å². The number of nitrogens with one attached hydrogen (secondary N) is 1. The number of hydrogen-bond acceptors (Lipinski definition) is 5. The van der Waals surface area contributed by atoms with E-state index < -0.39 is 0 Å². The number of anilines is 1. The van der Waals surface area contributed by atoms with E-state index in [1.54, 1.807) is 13.1 Å². The van der Waals surface area contributed by atoms with Crippen molar-refractivity contribution in [3.63, 3.8) is 0 Å². The lowest BCUT2D eigenvalue weighted by molar-refractivity contribution is -0.385. The Labute approximate surface area is 117 Å². The summed E-state index contributed by atoms with van der Waals surface area (Å²) in [6.07, 6.45) is 8.39. The molecule has 2 rings (SSSR count). The topological polar surface area (TPSA) is 68.1 Å². The minimum Gasteiger partial charge on any atom is -0.367 e. The molecule has 0 spiro atoms. The summed E-state index contributed by atoms with van der Waals surface area (Å²) in [5, 5.41) is 14.9. The maximum Gasteiger partial charge on any atom is 0.277 e. The first-order chi connectivity index (χ1) is 9.10. The monoisotopic (exact) mass is 281 g/mol. The molecule has 0 radical (unpaired) electrons. The summed E-state index contributed by atoms with van der Waals surface area (Å²) in [5.74, 6) is 0.615. The van der Waals surface area contributed by atoms with E-state index in [0.717, 1.165) is 12.8 Å². The van der Waals surface area contributed by atoms with Gasteiger partial charge in [-0.1, -0.05) is 6.42 Å². The van der Waals surface area contributed by atoms with Gasteiger partial charge in [0.05, 0.1) is 11.0 Å². The Kier molecular flexibility index (Phi) is 4.63. The quantitative estimate of drug-likeness (QED) is 0.677. The van der Waals surface area contributed by atoms with E-state index in [1.807, 2.05) is 11.8 Å². The first-order valence-electron chi connectivity index (χ1n) is 6.50. The van der Waals surface area contributed by atoms with E-state index in [4.69, 9.17) is 0 Å². The Bertz CT molecular complexity index is 467.